The summed E-state index contributed by atoms with van der Waals surface area (Å²) in [5.74, 6) is 0. The largest absolute Gasteiger partial charge is 0.476 e. The van der Waals surface area contributed by atoms with Crippen LogP contribution in [0.15, 0.2) is 0 Å². The Morgan fingerprint density at radius 1 is 0.833 bits per heavy atom. The molecular formula is C2H8O6Si4. The fourth-order valence-corrected chi connectivity index (χ4v) is 5.03. The van der Waals surface area contributed by atoms with E-state index in [4.69, 9.17) is 16.5 Å². The Bertz CT molecular complexity index is 130. The van der Waals surface area contributed by atoms with E-state index in [2.05, 4.69) is 0 Å². The molecule has 2 N–H and O–H groups in total. The van der Waals surface area contributed by atoms with Crippen LogP contribution in [0.1, 0.15) is 0 Å². The van der Waals surface area contributed by atoms with E-state index in [1.807, 2.05) is 0 Å². The van der Waals surface area contributed by atoms with Crippen LogP contribution in [0.5, 0.6) is 0 Å². The molecule has 4 radical (unpaired) electrons. The molecule has 1 fully saturated rings. The van der Waals surface area contributed by atoms with Gasteiger partial charge in [0.2, 0.25) is 0 Å². The zero-order chi connectivity index (χ0) is 9.24. The molecule has 1 aliphatic rings. The van der Waals surface area contributed by atoms with Crippen LogP contribution in [0.25, 0.3) is 0 Å². The normalized spacial score (nSPS) is 45.0. The van der Waals surface area contributed by atoms with Crippen molar-refractivity contribution in [1.29, 1.82) is 0 Å². The van der Waals surface area contributed by atoms with Crippen molar-refractivity contribution in [2.24, 2.45) is 0 Å². The van der Waals surface area contributed by atoms with Gasteiger partial charge in [0.15, 0.2) is 0 Å². The van der Waals surface area contributed by atoms with E-state index in [1.165, 1.54) is 13.1 Å². The first kappa shape index (κ1) is 10.7. The Morgan fingerprint density at radius 2 is 1.08 bits per heavy atom. The van der Waals surface area contributed by atoms with E-state index in [0.29, 0.717) is 0 Å². The van der Waals surface area contributed by atoms with Crippen LogP contribution in [0.4, 0.5) is 0 Å². The first-order chi connectivity index (χ1) is 5.41. The number of rotatable bonds is 0. The molecular weight excluding hydrogens is 232 g/mol. The second-order valence-electron chi connectivity index (χ2n) is 2.37. The van der Waals surface area contributed by atoms with Gasteiger partial charge in [-0.3, -0.25) is 0 Å². The predicted octanol–water partition coefficient (Wildman–Crippen LogP) is -1.74. The van der Waals surface area contributed by atoms with Crippen molar-refractivity contribution in [3.63, 3.8) is 0 Å². The number of hydrogen-bond acceptors (Lipinski definition) is 6. The molecule has 1 aliphatic heterocycles. The Kier molecular flexibility index (Phi) is 3.38. The monoisotopic (exact) mass is 240 g/mol. The summed E-state index contributed by atoms with van der Waals surface area (Å²) in [6, 6.07) is 0. The van der Waals surface area contributed by atoms with Crippen molar-refractivity contribution < 1.29 is 26.1 Å². The van der Waals surface area contributed by atoms with Crippen LogP contribution in [-0.2, 0) is 16.5 Å². The summed E-state index contributed by atoms with van der Waals surface area (Å²) >= 11 is 0. The predicted molar refractivity (Wildman–Crippen MR) is 43.5 cm³/mol. The van der Waals surface area contributed by atoms with Gasteiger partial charge in [0.05, 0.1) is 0 Å². The molecule has 0 unspecified atom stereocenters. The van der Waals surface area contributed by atoms with Crippen LogP contribution in [0.2, 0.25) is 13.1 Å². The van der Waals surface area contributed by atoms with E-state index in [0.717, 1.165) is 0 Å². The average Bonchev–Trinajstić information content (AvgIpc) is 1.82. The lowest BCUT2D eigenvalue weighted by Gasteiger charge is -2.27. The summed E-state index contributed by atoms with van der Waals surface area (Å²) in [5, 5.41) is 0. The maximum atomic E-state index is 9.33. The zero-order valence-corrected chi connectivity index (χ0v) is 10.5. The maximum absolute atomic E-state index is 9.33. The van der Waals surface area contributed by atoms with Crippen molar-refractivity contribution in [1.82, 2.24) is 0 Å². The topological polar surface area (TPSA) is 77.4 Å². The second-order valence-corrected chi connectivity index (χ2v) is 9.56. The van der Waals surface area contributed by atoms with Gasteiger partial charge in [-0.1, -0.05) is 0 Å². The SMILES string of the molecule is C[Si]1(O)O[Si]O[Si](C)(O)O[Si]O1. The van der Waals surface area contributed by atoms with Crippen molar-refractivity contribution in [2.75, 3.05) is 0 Å². The maximum Gasteiger partial charge on any atom is 0.476 e. The van der Waals surface area contributed by atoms with Gasteiger partial charge in [0.1, 0.15) is 0 Å². The molecule has 0 atom stereocenters. The first-order valence-corrected chi connectivity index (χ1v) is 9.24. The lowest BCUT2D eigenvalue weighted by molar-refractivity contribution is 0.180. The molecule has 12 heavy (non-hydrogen) atoms. The molecule has 1 rings (SSSR count). The summed E-state index contributed by atoms with van der Waals surface area (Å²) < 4.78 is 19.5. The summed E-state index contributed by atoms with van der Waals surface area (Å²) in [6.45, 7) is 2.92. The second kappa shape index (κ2) is 3.78. The third kappa shape index (κ3) is 3.56. The Balaban J connectivity index is 2.45. The van der Waals surface area contributed by atoms with E-state index in [-0.39, 0.29) is 0 Å². The van der Waals surface area contributed by atoms with E-state index in [1.54, 1.807) is 0 Å². The minimum absolute atomic E-state index is 0.429. The summed E-state index contributed by atoms with van der Waals surface area (Å²) in [4.78, 5) is 18.7. The standard InChI is InChI=1S/C2H8O6Si4/c1-11(3)5-9-7-12(2,4)8-10-6-11/h3-4H,1-2H3. The Labute approximate surface area is 77.3 Å². The van der Waals surface area contributed by atoms with Crippen molar-refractivity contribution in [2.45, 2.75) is 13.1 Å². The van der Waals surface area contributed by atoms with Gasteiger partial charge in [0, 0.05) is 13.1 Å². The summed E-state index contributed by atoms with van der Waals surface area (Å²) in [5.41, 5.74) is 0. The van der Waals surface area contributed by atoms with Gasteiger partial charge in [-0.2, -0.15) is 0 Å². The molecule has 0 aromatic carbocycles. The van der Waals surface area contributed by atoms with Crippen LogP contribution in [0, 0.1) is 0 Å². The molecule has 0 aliphatic carbocycles. The lowest BCUT2D eigenvalue weighted by atomic mass is 11.9. The fraction of sp³-hybridized carbons (Fsp3) is 1.00. The first-order valence-electron chi connectivity index (χ1n) is 3.08. The van der Waals surface area contributed by atoms with Gasteiger partial charge >= 0.3 is 37.6 Å². The van der Waals surface area contributed by atoms with Crippen LogP contribution in [-0.4, -0.2) is 47.2 Å². The van der Waals surface area contributed by atoms with Gasteiger partial charge in [-0.25, -0.2) is 0 Å². The number of hydrogen-bond donors (Lipinski definition) is 2. The van der Waals surface area contributed by atoms with E-state index >= 15 is 0 Å². The zero-order valence-electron chi connectivity index (χ0n) is 6.53. The van der Waals surface area contributed by atoms with Crippen LogP contribution in [0.3, 0.4) is 0 Å². The molecule has 0 aromatic rings. The molecule has 1 saturated heterocycles. The fourth-order valence-electron chi connectivity index (χ4n) is 0.393. The van der Waals surface area contributed by atoms with Crippen molar-refractivity contribution >= 4 is 37.6 Å². The lowest BCUT2D eigenvalue weighted by Crippen LogP contribution is -2.52. The highest BCUT2D eigenvalue weighted by molar-refractivity contribution is 6.73. The van der Waals surface area contributed by atoms with Gasteiger partial charge in [-0.15, -0.1) is 0 Å². The van der Waals surface area contributed by atoms with Gasteiger partial charge in [-0.05, 0) is 0 Å². The minimum atomic E-state index is -3.05. The molecule has 0 spiro atoms. The average molecular weight is 240 g/mol. The van der Waals surface area contributed by atoms with E-state index < -0.39 is 37.6 Å². The highest BCUT2D eigenvalue weighted by Crippen LogP contribution is 2.09. The summed E-state index contributed by atoms with van der Waals surface area (Å²) in [6.07, 6.45) is 0. The Morgan fingerprint density at radius 3 is 1.33 bits per heavy atom. The minimum Gasteiger partial charge on any atom is -0.393 e. The molecule has 6 nitrogen and oxygen atoms in total. The molecule has 68 valence electrons. The quantitative estimate of drug-likeness (QED) is 0.489. The van der Waals surface area contributed by atoms with Crippen molar-refractivity contribution in [3.8, 4) is 0 Å². The highest BCUT2D eigenvalue weighted by Gasteiger charge is 2.40. The molecule has 0 amide bonds. The molecule has 1 heterocycles. The molecule has 0 bridgehead atoms. The Hall–Kier alpha value is 0.628. The smallest absolute Gasteiger partial charge is 0.393 e. The molecule has 0 saturated carbocycles. The summed E-state index contributed by atoms with van der Waals surface area (Å²) in [7, 11) is -6.96. The van der Waals surface area contributed by atoms with Gasteiger partial charge < -0.3 is 26.1 Å². The third-order valence-electron chi connectivity index (χ3n) is 0.924. The van der Waals surface area contributed by atoms with E-state index in [9.17, 15) is 9.59 Å². The third-order valence-corrected chi connectivity index (χ3v) is 8.32. The highest BCUT2D eigenvalue weighted by atomic mass is 28.5. The molecule has 0 aromatic heterocycles. The molecule has 10 heteroatoms. The van der Waals surface area contributed by atoms with Crippen LogP contribution >= 0.6 is 0 Å². The van der Waals surface area contributed by atoms with Crippen LogP contribution < -0.4 is 0 Å². The van der Waals surface area contributed by atoms with Crippen molar-refractivity contribution in [3.05, 3.63) is 0 Å². The van der Waals surface area contributed by atoms with Gasteiger partial charge in [0.25, 0.3) is 0 Å².